The van der Waals surface area contributed by atoms with Gasteiger partial charge in [0.25, 0.3) is 0 Å². The van der Waals surface area contributed by atoms with Gasteiger partial charge in [0.1, 0.15) is 5.82 Å². The highest BCUT2D eigenvalue weighted by Gasteiger charge is 2.26. The number of aromatic nitrogens is 2. The van der Waals surface area contributed by atoms with Crippen LogP contribution in [0.1, 0.15) is 57.2 Å². The maximum absolute atomic E-state index is 4.62. The van der Waals surface area contributed by atoms with Crippen LogP contribution >= 0.6 is 0 Å². The van der Waals surface area contributed by atoms with Crippen molar-refractivity contribution in [3.8, 4) is 0 Å². The molecule has 3 heteroatoms. The fourth-order valence-electron chi connectivity index (χ4n) is 3.04. The van der Waals surface area contributed by atoms with E-state index in [9.17, 15) is 0 Å². The molecule has 1 N–H and O–H groups in total. The molecular formula is C14H25N3. The molecule has 0 saturated heterocycles. The van der Waals surface area contributed by atoms with E-state index in [-0.39, 0.29) is 0 Å². The van der Waals surface area contributed by atoms with Crippen molar-refractivity contribution in [1.82, 2.24) is 14.9 Å². The first-order valence-electron chi connectivity index (χ1n) is 7.05. The Labute approximate surface area is 105 Å². The number of imidazole rings is 1. The highest BCUT2D eigenvalue weighted by Crippen LogP contribution is 2.31. The number of hydrogen-bond acceptors (Lipinski definition) is 2. The summed E-state index contributed by atoms with van der Waals surface area (Å²) in [6, 6.07) is 0.607. The standard InChI is InChI=1S/C14H25N3/c1-3-10-17-11-9-16-14(17)12-7-5-4-6-8-13(12)15-2/h9,11-13,15H,3-8,10H2,1-2H3. The highest BCUT2D eigenvalue weighted by molar-refractivity contribution is 5.05. The van der Waals surface area contributed by atoms with Crippen LogP contribution in [-0.2, 0) is 6.54 Å². The number of aryl methyl sites for hydroxylation is 1. The lowest BCUT2D eigenvalue weighted by Crippen LogP contribution is -2.32. The van der Waals surface area contributed by atoms with Gasteiger partial charge in [-0.15, -0.1) is 0 Å². The smallest absolute Gasteiger partial charge is 0.113 e. The van der Waals surface area contributed by atoms with E-state index in [4.69, 9.17) is 0 Å². The van der Waals surface area contributed by atoms with Gasteiger partial charge in [0.05, 0.1) is 0 Å². The van der Waals surface area contributed by atoms with Gasteiger partial charge >= 0.3 is 0 Å². The van der Waals surface area contributed by atoms with Gasteiger partial charge in [-0.25, -0.2) is 4.98 Å². The molecule has 96 valence electrons. The molecule has 2 rings (SSSR count). The molecule has 0 radical (unpaired) electrons. The van der Waals surface area contributed by atoms with Crippen LogP contribution in [-0.4, -0.2) is 22.6 Å². The van der Waals surface area contributed by atoms with E-state index < -0.39 is 0 Å². The molecule has 1 fully saturated rings. The summed E-state index contributed by atoms with van der Waals surface area (Å²) in [4.78, 5) is 4.62. The minimum Gasteiger partial charge on any atom is -0.335 e. The molecule has 2 unspecified atom stereocenters. The minimum atomic E-state index is 0.601. The van der Waals surface area contributed by atoms with Crippen LogP contribution in [0.4, 0.5) is 0 Å². The summed E-state index contributed by atoms with van der Waals surface area (Å²) in [6.45, 7) is 3.33. The van der Waals surface area contributed by atoms with Gasteiger partial charge in [-0.3, -0.25) is 0 Å². The van der Waals surface area contributed by atoms with Crippen LogP contribution in [0.2, 0.25) is 0 Å². The third kappa shape index (κ3) is 2.89. The highest BCUT2D eigenvalue weighted by atomic mass is 15.1. The predicted molar refractivity (Wildman–Crippen MR) is 71.2 cm³/mol. The first kappa shape index (κ1) is 12.6. The molecule has 0 bridgehead atoms. The predicted octanol–water partition coefficient (Wildman–Crippen LogP) is 2.93. The number of rotatable bonds is 4. The van der Waals surface area contributed by atoms with Crippen LogP contribution in [0.15, 0.2) is 12.4 Å². The second kappa shape index (κ2) is 6.20. The minimum absolute atomic E-state index is 0.601. The van der Waals surface area contributed by atoms with E-state index in [1.54, 1.807) is 0 Å². The van der Waals surface area contributed by atoms with Crippen LogP contribution in [0.3, 0.4) is 0 Å². The van der Waals surface area contributed by atoms with Crippen LogP contribution < -0.4 is 5.32 Å². The molecular weight excluding hydrogens is 210 g/mol. The van der Waals surface area contributed by atoms with Crippen molar-refractivity contribution in [2.75, 3.05) is 7.05 Å². The van der Waals surface area contributed by atoms with Crippen molar-refractivity contribution < 1.29 is 0 Å². The van der Waals surface area contributed by atoms with Crippen molar-refractivity contribution in [3.05, 3.63) is 18.2 Å². The van der Waals surface area contributed by atoms with Gasteiger partial charge in [0.2, 0.25) is 0 Å². The lowest BCUT2D eigenvalue weighted by atomic mass is 9.94. The molecule has 2 atom stereocenters. The average molecular weight is 235 g/mol. The van der Waals surface area contributed by atoms with Gasteiger partial charge in [-0.05, 0) is 26.3 Å². The van der Waals surface area contributed by atoms with Crippen LogP contribution in [0, 0.1) is 0 Å². The normalized spacial score (nSPS) is 25.8. The second-order valence-corrected chi connectivity index (χ2v) is 5.12. The van der Waals surface area contributed by atoms with Crippen molar-refractivity contribution >= 4 is 0 Å². The number of likely N-dealkylation sites (N-methyl/N-ethyl adjacent to an activating group) is 1. The molecule has 1 aliphatic carbocycles. The van der Waals surface area contributed by atoms with Crippen molar-refractivity contribution in [2.45, 2.75) is 64.0 Å². The van der Waals surface area contributed by atoms with E-state index in [2.05, 4.69) is 35.0 Å². The maximum Gasteiger partial charge on any atom is 0.113 e. The molecule has 0 spiro atoms. The summed E-state index contributed by atoms with van der Waals surface area (Å²) in [5.41, 5.74) is 0. The third-order valence-electron chi connectivity index (χ3n) is 3.93. The van der Waals surface area contributed by atoms with E-state index in [1.165, 1.54) is 44.3 Å². The van der Waals surface area contributed by atoms with Gasteiger partial charge < -0.3 is 9.88 Å². The summed E-state index contributed by atoms with van der Waals surface area (Å²) in [6.07, 6.45) is 11.9. The maximum atomic E-state index is 4.62. The lowest BCUT2D eigenvalue weighted by molar-refractivity contribution is 0.410. The van der Waals surface area contributed by atoms with E-state index in [0.29, 0.717) is 12.0 Å². The topological polar surface area (TPSA) is 29.9 Å². The van der Waals surface area contributed by atoms with Crippen molar-refractivity contribution in [3.63, 3.8) is 0 Å². The Kier molecular flexibility index (Phi) is 4.60. The second-order valence-electron chi connectivity index (χ2n) is 5.12. The Balaban J connectivity index is 2.19. The summed E-state index contributed by atoms with van der Waals surface area (Å²) < 4.78 is 2.35. The summed E-state index contributed by atoms with van der Waals surface area (Å²) in [5, 5.41) is 3.50. The molecule has 0 amide bonds. The van der Waals surface area contributed by atoms with Crippen molar-refractivity contribution in [2.24, 2.45) is 0 Å². The van der Waals surface area contributed by atoms with Gasteiger partial charge in [-0.1, -0.05) is 26.2 Å². The summed E-state index contributed by atoms with van der Waals surface area (Å²) >= 11 is 0. The molecule has 1 saturated carbocycles. The third-order valence-corrected chi connectivity index (χ3v) is 3.93. The zero-order valence-electron chi connectivity index (χ0n) is 11.2. The molecule has 0 aromatic carbocycles. The first-order chi connectivity index (χ1) is 8.36. The Morgan fingerprint density at radius 3 is 2.94 bits per heavy atom. The summed E-state index contributed by atoms with van der Waals surface area (Å²) in [5.74, 6) is 1.90. The quantitative estimate of drug-likeness (QED) is 0.813. The largest absolute Gasteiger partial charge is 0.335 e. The summed E-state index contributed by atoms with van der Waals surface area (Å²) in [7, 11) is 2.09. The lowest BCUT2D eigenvalue weighted by Gasteiger charge is -2.25. The Hall–Kier alpha value is -0.830. The molecule has 1 aliphatic rings. The Bertz CT molecular complexity index is 332. The molecule has 0 aliphatic heterocycles. The molecule has 1 aromatic rings. The molecule has 1 aromatic heterocycles. The average Bonchev–Trinajstić information content (AvgIpc) is 2.66. The first-order valence-corrected chi connectivity index (χ1v) is 7.05. The zero-order valence-corrected chi connectivity index (χ0v) is 11.2. The van der Waals surface area contributed by atoms with E-state index in [1.807, 2.05) is 6.20 Å². The SMILES string of the molecule is CCCn1ccnc1C1CCCCCC1NC. The van der Waals surface area contributed by atoms with Crippen LogP contribution in [0.5, 0.6) is 0 Å². The molecule has 17 heavy (non-hydrogen) atoms. The monoisotopic (exact) mass is 235 g/mol. The Morgan fingerprint density at radius 1 is 1.35 bits per heavy atom. The fourth-order valence-corrected chi connectivity index (χ4v) is 3.04. The molecule has 1 heterocycles. The van der Waals surface area contributed by atoms with E-state index in [0.717, 1.165) is 6.54 Å². The van der Waals surface area contributed by atoms with Gasteiger partial charge in [-0.2, -0.15) is 0 Å². The molecule has 3 nitrogen and oxygen atoms in total. The van der Waals surface area contributed by atoms with Gasteiger partial charge in [0.15, 0.2) is 0 Å². The van der Waals surface area contributed by atoms with E-state index >= 15 is 0 Å². The van der Waals surface area contributed by atoms with Crippen LogP contribution in [0.25, 0.3) is 0 Å². The fraction of sp³-hybridized carbons (Fsp3) is 0.786. The zero-order chi connectivity index (χ0) is 12.1. The van der Waals surface area contributed by atoms with Crippen molar-refractivity contribution in [1.29, 1.82) is 0 Å². The number of nitrogens with one attached hydrogen (secondary N) is 1. The number of hydrogen-bond donors (Lipinski definition) is 1. The Morgan fingerprint density at radius 2 is 2.18 bits per heavy atom. The van der Waals surface area contributed by atoms with Gasteiger partial charge in [0, 0.05) is 30.9 Å². The number of nitrogens with zero attached hydrogens (tertiary/aromatic N) is 2.